The first-order valence-electron chi connectivity index (χ1n) is 10.8. The van der Waals surface area contributed by atoms with Crippen LogP contribution in [0.25, 0.3) is 0 Å². The second-order valence-electron chi connectivity index (χ2n) is 8.40. The largest absolute Gasteiger partial charge is 0.507 e. The minimum Gasteiger partial charge on any atom is -0.507 e. The Kier molecular flexibility index (Phi) is 7.54. The van der Waals surface area contributed by atoms with Gasteiger partial charge in [0.2, 0.25) is 10.0 Å². The van der Waals surface area contributed by atoms with Crippen LogP contribution in [0.15, 0.2) is 46.2 Å². The summed E-state index contributed by atoms with van der Waals surface area (Å²) in [5.74, 6) is -2.33. The van der Waals surface area contributed by atoms with Gasteiger partial charge < -0.3 is 5.11 Å². The minimum atomic E-state index is -4.49. The van der Waals surface area contributed by atoms with E-state index in [9.17, 15) is 35.1 Å². The van der Waals surface area contributed by atoms with Crippen LogP contribution in [0.1, 0.15) is 43.7 Å². The fourth-order valence-electron chi connectivity index (χ4n) is 4.13. The zero-order valence-corrected chi connectivity index (χ0v) is 20.3. The summed E-state index contributed by atoms with van der Waals surface area (Å²) in [6.07, 6.45) is -3.84. The molecule has 0 bridgehead atoms. The summed E-state index contributed by atoms with van der Waals surface area (Å²) in [5.41, 5.74) is 1.98. The Hall–Kier alpha value is -2.31. The number of sulfonamides is 2. The molecule has 1 saturated carbocycles. The fraction of sp³-hybridized carbons (Fsp3) is 0.455. The lowest BCUT2D eigenvalue weighted by atomic mass is 9.86. The van der Waals surface area contributed by atoms with Gasteiger partial charge in [-0.25, -0.2) is 21.6 Å². The molecule has 1 aliphatic rings. The molecule has 7 nitrogen and oxygen atoms in total. The van der Waals surface area contributed by atoms with Crippen LogP contribution in [-0.4, -0.2) is 34.2 Å². The van der Waals surface area contributed by atoms with Gasteiger partial charge in [0, 0.05) is 6.04 Å². The summed E-state index contributed by atoms with van der Waals surface area (Å²) >= 11 is 0. The molecule has 0 heterocycles. The quantitative estimate of drug-likeness (QED) is 0.499. The highest BCUT2D eigenvalue weighted by molar-refractivity contribution is 7.93. The van der Waals surface area contributed by atoms with Crippen LogP contribution < -0.4 is 9.44 Å². The molecular formula is C22H27F3N2O5S2. The number of hydrogen-bond acceptors (Lipinski definition) is 5. The molecule has 0 radical (unpaired) electrons. The Morgan fingerprint density at radius 3 is 2.41 bits per heavy atom. The summed E-state index contributed by atoms with van der Waals surface area (Å²) in [5, 5.41) is 10.1. The van der Waals surface area contributed by atoms with E-state index in [1.807, 2.05) is 13.0 Å². The van der Waals surface area contributed by atoms with Gasteiger partial charge in [0.25, 0.3) is 10.0 Å². The van der Waals surface area contributed by atoms with E-state index >= 15 is 0 Å². The van der Waals surface area contributed by atoms with Crippen LogP contribution in [0.2, 0.25) is 0 Å². The number of halogens is 3. The number of benzene rings is 2. The third kappa shape index (κ3) is 5.84. The summed E-state index contributed by atoms with van der Waals surface area (Å²) in [4.78, 5) is -1.13. The molecule has 188 valence electrons. The highest BCUT2D eigenvalue weighted by Gasteiger charge is 2.43. The van der Waals surface area contributed by atoms with Crippen molar-refractivity contribution in [3.8, 4) is 5.75 Å². The van der Waals surface area contributed by atoms with Crippen molar-refractivity contribution in [1.82, 2.24) is 4.72 Å². The summed E-state index contributed by atoms with van der Waals surface area (Å²) in [6, 6.07) is 6.92. The van der Waals surface area contributed by atoms with E-state index in [2.05, 4.69) is 9.44 Å². The fourth-order valence-corrected chi connectivity index (χ4v) is 6.76. The van der Waals surface area contributed by atoms with Gasteiger partial charge in [0.05, 0.1) is 16.5 Å². The van der Waals surface area contributed by atoms with Crippen molar-refractivity contribution < 1.29 is 35.1 Å². The molecule has 0 amide bonds. The molecule has 12 heteroatoms. The monoisotopic (exact) mass is 520 g/mol. The van der Waals surface area contributed by atoms with Gasteiger partial charge in [0.15, 0.2) is 0 Å². The standard InChI is InChI=1S/C22H27F3N2O5S2/c1-3-15-6-4-9-19(14(15)2)27-33(29,30)18-10-11-20(28)21(13-18)34(31,32)26-17-8-5-7-16(12-17)22(23,24)25/h4,6,9-11,13,16-17,26-28H,3,5,7-8,12H2,1-2H3. The number of phenolic OH excluding ortho intramolecular Hbond substituents is 1. The Bertz CT molecular complexity index is 1260. The van der Waals surface area contributed by atoms with E-state index < -0.39 is 60.1 Å². The molecule has 3 rings (SSSR count). The van der Waals surface area contributed by atoms with Crippen molar-refractivity contribution in [2.24, 2.45) is 5.92 Å². The van der Waals surface area contributed by atoms with Crippen LogP contribution in [0.3, 0.4) is 0 Å². The van der Waals surface area contributed by atoms with Gasteiger partial charge in [-0.2, -0.15) is 13.2 Å². The number of hydrogen-bond donors (Lipinski definition) is 3. The predicted molar refractivity (Wildman–Crippen MR) is 122 cm³/mol. The lowest BCUT2D eigenvalue weighted by Crippen LogP contribution is -2.41. The van der Waals surface area contributed by atoms with E-state index in [1.165, 1.54) is 0 Å². The molecular weight excluding hydrogens is 493 g/mol. The van der Waals surface area contributed by atoms with E-state index in [-0.39, 0.29) is 19.3 Å². The average molecular weight is 521 g/mol. The zero-order valence-electron chi connectivity index (χ0n) is 18.7. The van der Waals surface area contributed by atoms with Crippen molar-refractivity contribution in [2.75, 3.05) is 4.72 Å². The van der Waals surface area contributed by atoms with E-state index in [0.717, 1.165) is 29.3 Å². The number of alkyl halides is 3. The maximum Gasteiger partial charge on any atom is 0.391 e. The van der Waals surface area contributed by atoms with Crippen molar-refractivity contribution in [1.29, 1.82) is 0 Å². The maximum absolute atomic E-state index is 13.1. The van der Waals surface area contributed by atoms with Gasteiger partial charge in [0.1, 0.15) is 10.6 Å². The third-order valence-electron chi connectivity index (χ3n) is 6.06. The van der Waals surface area contributed by atoms with Crippen LogP contribution in [0.4, 0.5) is 18.9 Å². The molecule has 2 atom stereocenters. The molecule has 0 aromatic heterocycles. The molecule has 1 fully saturated rings. The number of phenols is 1. The maximum atomic E-state index is 13.1. The number of anilines is 1. The van der Waals surface area contributed by atoms with Crippen molar-refractivity contribution in [3.05, 3.63) is 47.5 Å². The third-order valence-corrected chi connectivity index (χ3v) is 8.97. The number of aryl methyl sites for hydroxylation is 1. The molecule has 2 aromatic rings. The SMILES string of the molecule is CCc1cccc(NS(=O)(=O)c2ccc(O)c(S(=O)(=O)NC3CCCC(C(F)(F)F)C3)c2)c1C. The number of nitrogens with one attached hydrogen (secondary N) is 2. The Labute approximate surface area is 197 Å². The van der Waals surface area contributed by atoms with Crippen molar-refractivity contribution >= 4 is 25.7 Å². The van der Waals surface area contributed by atoms with Crippen LogP contribution in [0.5, 0.6) is 5.75 Å². The topological polar surface area (TPSA) is 113 Å². The normalized spacial score (nSPS) is 19.7. The summed E-state index contributed by atoms with van der Waals surface area (Å²) in [6.45, 7) is 3.68. The second kappa shape index (κ2) is 9.74. The highest BCUT2D eigenvalue weighted by Crippen LogP contribution is 2.38. The van der Waals surface area contributed by atoms with Crippen LogP contribution >= 0.6 is 0 Å². The van der Waals surface area contributed by atoms with Crippen LogP contribution in [-0.2, 0) is 26.5 Å². The molecule has 0 spiro atoms. The lowest BCUT2D eigenvalue weighted by Gasteiger charge is -2.30. The minimum absolute atomic E-state index is 0.0783. The summed E-state index contributed by atoms with van der Waals surface area (Å²) < 4.78 is 95.6. The van der Waals surface area contributed by atoms with Gasteiger partial charge in [-0.05, 0) is 68.0 Å². The number of aromatic hydroxyl groups is 1. The Morgan fingerprint density at radius 2 is 1.76 bits per heavy atom. The first kappa shape index (κ1) is 26.3. The van der Waals surface area contributed by atoms with Gasteiger partial charge in [-0.1, -0.05) is 25.5 Å². The molecule has 0 saturated heterocycles. The van der Waals surface area contributed by atoms with E-state index in [1.54, 1.807) is 19.1 Å². The number of rotatable bonds is 7. The van der Waals surface area contributed by atoms with Gasteiger partial charge >= 0.3 is 6.18 Å². The van der Waals surface area contributed by atoms with Gasteiger partial charge in [-0.3, -0.25) is 4.72 Å². The highest BCUT2D eigenvalue weighted by atomic mass is 32.2. The van der Waals surface area contributed by atoms with E-state index in [4.69, 9.17) is 0 Å². The Morgan fingerprint density at radius 1 is 1.06 bits per heavy atom. The molecule has 0 aliphatic heterocycles. The van der Waals surface area contributed by atoms with Crippen molar-refractivity contribution in [2.45, 2.75) is 68.0 Å². The average Bonchev–Trinajstić information content (AvgIpc) is 2.74. The first-order valence-corrected chi connectivity index (χ1v) is 13.7. The smallest absolute Gasteiger partial charge is 0.391 e. The van der Waals surface area contributed by atoms with E-state index in [0.29, 0.717) is 12.1 Å². The van der Waals surface area contributed by atoms with Crippen molar-refractivity contribution in [3.63, 3.8) is 0 Å². The molecule has 2 unspecified atom stereocenters. The Balaban J connectivity index is 1.88. The predicted octanol–water partition coefficient (Wildman–Crippen LogP) is 4.46. The molecule has 3 N–H and O–H groups in total. The lowest BCUT2D eigenvalue weighted by molar-refractivity contribution is -0.183. The zero-order chi connectivity index (χ0) is 25.3. The first-order chi connectivity index (χ1) is 15.7. The summed E-state index contributed by atoms with van der Waals surface area (Å²) in [7, 11) is -8.72. The van der Waals surface area contributed by atoms with Crippen LogP contribution in [0, 0.1) is 12.8 Å². The molecule has 34 heavy (non-hydrogen) atoms. The van der Waals surface area contributed by atoms with Gasteiger partial charge in [-0.15, -0.1) is 0 Å². The second-order valence-corrected chi connectivity index (χ2v) is 11.8. The molecule has 1 aliphatic carbocycles. The molecule has 2 aromatic carbocycles.